The van der Waals surface area contributed by atoms with Crippen LogP contribution in [-0.4, -0.2) is 30.0 Å². The van der Waals surface area contributed by atoms with E-state index in [0.29, 0.717) is 29.4 Å². The summed E-state index contributed by atoms with van der Waals surface area (Å²) in [6.45, 7) is 2.21. The van der Waals surface area contributed by atoms with Crippen LogP contribution in [0.2, 0.25) is 5.02 Å². The molecule has 1 aliphatic rings. The van der Waals surface area contributed by atoms with Gasteiger partial charge in [-0.3, -0.25) is 9.69 Å². The second-order valence-corrected chi connectivity index (χ2v) is 6.61. The van der Waals surface area contributed by atoms with Crippen LogP contribution in [0, 0.1) is 5.82 Å². The van der Waals surface area contributed by atoms with Crippen LogP contribution in [0.4, 0.5) is 9.18 Å². The summed E-state index contributed by atoms with van der Waals surface area (Å²) in [4.78, 5) is 26.2. The second kappa shape index (κ2) is 7.33. The zero-order chi connectivity index (χ0) is 18.7. The predicted molar refractivity (Wildman–Crippen MR) is 95.6 cm³/mol. The van der Waals surface area contributed by atoms with Gasteiger partial charge in [0.05, 0.1) is 6.61 Å². The molecule has 26 heavy (non-hydrogen) atoms. The summed E-state index contributed by atoms with van der Waals surface area (Å²) < 4.78 is 18.3. The van der Waals surface area contributed by atoms with Gasteiger partial charge in [-0.1, -0.05) is 23.7 Å². The van der Waals surface area contributed by atoms with Crippen molar-refractivity contribution in [3.05, 3.63) is 64.9 Å². The first-order valence-electron chi connectivity index (χ1n) is 8.19. The highest BCUT2D eigenvalue weighted by molar-refractivity contribution is 6.30. The smallest absolute Gasteiger partial charge is 0.325 e. The number of nitrogens with zero attached hydrogens (tertiary/aromatic N) is 1. The fourth-order valence-corrected chi connectivity index (χ4v) is 2.95. The summed E-state index contributed by atoms with van der Waals surface area (Å²) in [5.41, 5.74) is -0.440. The Balaban J connectivity index is 1.58. The van der Waals surface area contributed by atoms with Crippen molar-refractivity contribution in [1.82, 2.24) is 10.2 Å². The number of benzene rings is 2. The average Bonchev–Trinajstić information content (AvgIpc) is 2.84. The third-order valence-corrected chi connectivity index (χ3v) is 4.56. The van der Waals surface area contributed by atoms with Crippen LogP contribution in [0.15, 0.2) is 48.5 Å². The SMILES string of the molecule is CC1(c2ccc(Cl)cc2)NC(=O)N(CCCOc2ccc(F)cc2)C1=O. The van der Waals surface area contributed by atoms with Crippen molar-refractivity contribution < 1.29 is 18.7 Å². The van der Waals surface area contributed by atoms with Crippen molar-refractivity contribution in [3.63, 3.8) is 0 Å². The molecule has 7 heteroatoms. The van der Waals surface area contributed by atoms with Gasteiger partial charge in [0.1, 0.15) is 17.1 Å². The lowest BCUT2D eigenvalue weighted by Crippen LogP contribution is -2.41. The van der Waals surface area contributed by atoms with E-state index >= 15 is 0 Å². The molecule has 0 spiro atoms. The molecule has 0 radical (unpaired) electrons. The van der Waals surface area contributed by atoms with Crippen LogP contribution < -0.4 is 10.1 Å². The number of hydrogen-bond acceptors (Lipinski definition) is 3. The summed E-state index contributed by atoms with van der Waals surface area (Å²) >= 11 is 5.88. The molecule has 1 heterocycles. The molecule has 2 aromatic rings. The lowest BCUT2D eigenvalue weighted by atomic mass is 9.92. The van der Waals surface area contributed by atoms with Crippen molar-refractivity contribution >= 4 is 23.5 Å². The molecule has 0 bridgehead atoms. The van der Waals surface area contributed by atoms with Crippen LogP contribution in [-0.2, 0) is 10.3 Å². The molecule has 1 saturated heterocycles. The standard InChI is InChI=1S/C19H18ClFN2O3/c1-19(13-3-5-14(20)6-4-13)17(24)23(18(25)22-19)11-2-12-26-16-9-7-15(21)8-10-16/h3-10H,2,11-12H2,1H3,(H,22,25). The zero-order valence-electron chi connectivity index (χ0n) is 14.2. The van der Waals surface area contributed by atoms with E-state index in [2.05, 4.69) is 5.32 Å². The fourth-order valence-electron chi connectivity index (χ4n) is 2.82. The molecule has 1 aliphatic heterocycles. The lowest BCUT2D eigenvalue weighted by Gasteiger charge is -2.22. The minimum atomic E-state index is -1.11. The Bertz CT molecular complexity index is 811. The van der Waals surface area contributed by atoms with Crippen molar-refractivity contribution in [2.75, 3.05) is 13.2 Å². The molecule has 3 amide bonds. The summed E-state index contributed by atoms with van der Waals surface area (Å²) in [6.07, 6.45) is 0.466. The molecular formula is C19H18ClFN2O3. The Hall–Kier alpha value is -2.60. The number of amides is 3. The highest BCUT2D eigenvalue weighted by Crippen LogP contribution is 2.29. The van der Waals surface area contributed by atoms with Gasteiger partial charge in [0.25, 0.3) is 5.91 Å². The largest absolute Gasteiger partial charge is 0.494 e. The van der Waals surface area contributed by atoms with Crippen molar-refractivity contribution in [1.29, 1.82) is 0 Å². The molecule has 5 nitrogen and oxygen atoms in total. The van der Waals surface area contributed by atoms with E-state index in [-0.39, 0.29) is 18.3 Å². The van der Waals surface area contributed by atoms with E-state index in [9.17, 15) is 14.0 Å². The quantitative estimate of drug-likeness (QED) is 0.617. The van der Waals surface area contributed by atoms with Gasteiger partial charge in [-0.25, -0.2) is 9.18 Å². The minimum absolute atomic E-state index is 0.231. The summed E-state index contributed by atoms with van der Waals surface area (Å²) in [6, 6.07) is 12.1. The zero-order valence-corrected chi connectivity index (χ0v) is 14.9. The molecule has 136 valence electrons. The summed E-state index contributed by atoms with van der Waals surface area (Å²) in [7, 11) is 0. The molecule has 2 aromatic carbocycles. The number of ether oxygens (including phenoxy) is 1. The van der Waals surface area contributed by atoms with E-state index in [4.69, 9.17) is 16.3 Å². The van der Waals surface area contributed by atoms with Gasteiger partial charge in [-0.2, -0.15) is 0 Å². The van der Waals surface area contributed by atoms with Crippen LogP contribution in [0.25, 0.3) is 0 Å². The molecule has 1 unspecified atom stereocenters. The Morgan fingerprint density at radius 2 is 1.77 bits per heavy atom. The van der Waals surface area contributed by atoms with Crippen LogP contribution >= 0.6 is 11.6 Å². The number of carbonyl (C=O) groups excluding carboxylic acids is 2. The van der Waals surface area contributed by atoms with Gasteiger partial charge in [0, 0.05) is 11.6 Å². The third kappa shape index (κ3) is 3.65. The van der Waals surface area contributed by atoms with Crippen molar-refractivity contribution in [3.8, 4) is 5.75 Å². The first-order chi connectivity index (χ1) is 12.4. The monoisotopic (exact) mass is 376 g/mol. The van der Waals surface area contributed by atoms with Gasteiger partial charge in [0.2, 0.25) is 0 Å². The lowest BCUT2D eigenvalue weighted by molar-refractivity contribution is -0.131. The van der Waals surface area contributed by atoms with Crippen LogP contribution in [0.1, 0.15) is 18.9 Å². The van der Waals surface area contributed by atoms with E-state index in [1.165, 1.54) is 29.2 Å². The summed E-state index contributed by atoms with van der Waals surface area (Å²) in [5, 5.41) is 3.30. The number of urea groups is 1. The summed E-state index contributed by atoms with van der Waals surface area (Å²) in [5.74, 6) is -0.112. The average molecular weight is 377 g/mol. The fraction of sp³-hybridized carbons (Fsp3) is 0.263. The maximum Gasteiger partial charge on any atom is 0.325 e. The Kier molecular flexibility index (Phi) is 5.13. The molecule has 1 fully saturated rings. The van der Waals surface area contributed by atoms with Gasteiger partial charge in [-0.15, -0.1) is 0 Å². The third-order valence-electron chi connectivity index (χ3n) is 4.30. The number of halogens is 2. The van der Waals surface area contributed by atoms with Crippen LogP contribution in [0.5, 0.6) is 5.75 Å². The Morgan fingerprint density at radius 3 is 2.42 bits per heavy atom. The topological polar surface area (TPSA) is 58.6 Å². The molecule has 1 atom stereocenters. The first kappa shape index (κ1) is 18.2. The maximum absolute atomic E-state index is 12.8. The highest BCUT2D eigenvalue weighted by atomic mass is 35.5. The van der Waals surface area contributed by atoms with Gasteiger partial charge in [-0.05, 0) is 55.3 Å². The first-order valence-corrected chi connectivity index (χ1v) is 8.56. The number of hydrogen-bond donors (Lipinski definition) is 1. The molecule has 3 rings (SSSR count). The van der Waals surface area contributed by atoms with Gasteiger partial charge >= 0.3 is 6.03 Å². The second-order valence-electron chi connectivity index (χ2n) is 6.17. The van der Waals surface area contributed by atoms with E-state index in [1.807, 2.05) is 0 Å². The van der Waals surface area contributed by atoms with Crippen molar-refractivity contribution in [2.24, 2.45) is 0 Å². The van der Waals surface area contributed by atoms with E-state index in [1.54, 1.807) is 31.2 Å². The molecule has 1 N–H and O–H groups in total. The van der Waals surface area contributed by atoms with Crippen LogP contribution in [0.3, 0.4) is 0 Å². The number of imide groups is 1. The van der Waals surface area contributed by atoms with Gasteiger partial charge in [0.15, 0.2) is 0 Å². The molecular weight excluding hydrogens is 359 g/mol. The number of carbonyl (C=O) groups is 2. The van der Waals surface area contributed by atoms with E-state index in [0.717, 1.165) is 0 Å². The predicted octanol–water partition coefficient (Wildman–Crippen LogP) is 3.72. The normalized spacial score (nSPS) is 19.6. The Morgan fingerprint density at radius 1 is 1.12 bits per heavy atom. The highest BCUT2D eigenvalue weighted by Gasteiger charge is 2.48. The Labute approximate surface area is 155 Å². The minimum Gasteiger partial charge on any atom is -0.494 e. The molecule has 0 aromatic heterocycles. The molecule has 0 saturated carbocycles. The van der Waals surface area contributed by atoms with Crippen molar-refractivity contribution in [2.45, 2.75) is 18.9 Å². The van der Waals surface area contributed by atoms with E-state index < -0.39 is 11.6 Å². The number of nitrogens with one attached hydrogen (secondary N) is 1. The maximum atomic E-state index is 12.8. The molecule has 0 aliphatic carbocycles. The number of rotatable bonds is 6. The van der Waals surface area contributed by atoms with Gasteiger partial charge < -0.3 is 10.1 Å².